The van der Waals surface area contributed by atoms with Crippen LogP contribution < -0.4 is 0 Å². The van der Waals surface area contributed by atoms with Gasteiger partial charge in [-0.2, -0.15) is 0 Å². The summed E-state index contributed by atoms with van der Waals surface area (Å²) in [6.07, 6.45) is 5.50. The van der Waals surface area contributed by atoms with E-state index >= 15 is 0 Å². The Morgan fingerprint density at radius 3 is 2.58 bits per heavy atom. The molecule has 0 radical (unpaired) electrons. The van der Waals surface area contributed by atoms with Crippen molar-refractivity contribution in [3.05, 3.63) is 106 Å². The maximum atomic E-state index is 11.8. The van der Waals surface area contributed by atoms with Gasteiger partial charge in [-0.15, -0.1) is 0 Å². The molecule has 1 aliphatic rings. The molecule has 0 atom stereocenters. The van der Waals surface area contributed by atoms with Crippen LogP contribution in [0.2, 0.25) is 0 Å². The van der Waals surface area contributed by atoms with E-state index in [1.54, 1.807) is 6.07 Å². The third kappa shape index (κ3) is 4.74. The summed E-state index contributed by atoms with van der Waals surface area (Å²) in [4.78, 5) is 32.3. The van der Waals surface area contributed by atoms with Crippen molar-refractivity contribution >= 4 is 40.0 Å². The molecule has 1 fully saturated rings. The van der Waals surface area contributed by atoms with E-state index in [4.69, 9.17) is 4.99 Å². The number of amides is 1. The van der Waals surface area contributed by atoms with Gasteiger partial charge in [0.25, 0.3) is 5.69 Å². The number of nitro benzene ring substituents is 1. The predicted molar refractivity (Wildman–Crippen MR) is 140 cm³/mol. The van der Waals surface area contributed by atoms with Gasteiger partial charge in [-0.05, 0) is 30.2 Å². The number of rotatable bonds is 7. The Labute approximate surface area is 207 Å². The zero-order valence-corrected chi connectivity index (χ0v) is 19.4. The van der Waals surface area contributed by atoms with Crippen LogP contribution >= 0.6 is 0 Å². The summed E-state index contributed by atoms with van der Waals surface area (Å²) in [6.45, 7) is 1.41. The van der Waals surface area contributed by atoms with Gasteiger partial charge in [0.2, 0.25) is 5.91 Å². The summed E-state index contributed by atoms with van der Waals surface area (Å²) >= 11 is 0. The molecular formula is C28H24N4O4. The molecule has 36 heavy (non-hydrogen) atoms. The van der Waals surface area contributed by atoms with Crippen molar-refractivity contribution in [2.45, 2.75) is 12.8 Å². The van der Waals surface area contributed by atoms with Crippen LogP contribution in [-0.2, 0) is 4.79 Å². The summed E-state index contributed by atoms with van der Waals surface area (Å²) < 4.78 is 0. The molecule has 0 spiro atoms. The Morgan fingerprint density at radius 2 is 1.89 bits per heavy atom. The first-order valence-electron chi connectivity index (χ1n) is 11.7. The number of aromatic amines is 1. The second-order valence-corrected chi connectivity index (χ2v) is 8.60. The number of likely N-dealkylation sites (tertiary alicyclic amines) is 1. The monoisotopic (exact) mass is 480 g/mol. The zero-order chi connectivity index (χ0) is 25.1. The number of aliphatic imine (C=N–C) groups is 1. The molecule has 1 saturated heterocycles. The maximum Gasteiger partial charge on any atom is 0.270 e. The first kappa shape index (κ1) is 23.0. The van der Waals surface area contributed by atoms with Gasteiger partial charge in [0, 0.05) is 48.1 Å². The van der Waals surface area contributed by atoms with Gasteiger partial charge >= 0.3 is 0 Å². The number of fused-ring (bicyclic) bond motifs is 1. The van der Waals surface area contributed by atoms with E-state index in [2.05, 4.69) is 4.98 Å². The van der Waals surface area contributed by atoms with E-state index in [1.807, 2.05) is 71.6 Å². The minimum absolute atomic E-state index is 0.0677. The first-order chi connectivity index (χ1) is 17.5. The van der Waals surface area contributed by atoms with Crippen LogP contribution in [0.5, 0.6) is 5.88 Å². The van der Waals surface area contributed by atoms with E-state index in [0.717, 1.165) is 24.1 Å². The van der Waals surface area contributed by atoms with E-state index in [0.29, 0.717) is 40.8 Å². The lowest BCUT2D eigenvalue weighted by molar-refractivity contribution is -0.384. The molecule has 180 valence electrons. The molecule has 1 aliphatic heterocycles. The third-order valence-electron chi connectivity index (χ3n) is 6.20. The molecular weight excluding hydrogens is 456 g/mol. The Balaban J connectivity index is 1.50. The Hall–Kier alpha value is -4.72. The average molecular weight is 481 g/mol. The number of nitrogens with zero attached hydrogens (tertiary/aromatic N) is 3. The van der Waals surface area contributed by atoms with Gasteiger partial charge < -0.3 is 15.0 Å². The minimum atomic E-state index is -0.460. The number of nitro groups is 1. The minimum Gasteiger partial charge on any atom is -0.494 e. The number of aromatic nitrogens is 1. The number of hydrogen-bond donors (Lipinski definition) is 2. The number of benzene rings is 3. The molecule has 1 aromatic heterocycles. The van der Waals surface area contributed by atoms with Crippen molar-refractivity contribution in [2.75, 3.05) is 13.1 Å². The first-order valence-corrected chi connectivity index (χ1v) is 11.7. The molecule has 0 aliphatic carbocycles. The summed E-state index contributed by atoms with van der Waals surface area (Å²) in [7, 11) is 0. The van der Waals surface area contributed by atoms with Gasteiger partial charge in [-0.1, -0.05) is 54.6 Å². The Bertz CT molecular complexity index is 1490. The molecule has 5 rings (SSSR count). The van der Waals surface area contributed by atoms with Gasteiger partial charge in [-0.3, -0.25) is 14.9 Å². The SMILES string of the molecule is O=C1CCCN1C/C=C/c1ccc(N=C(c2ccccc2)c2c(O)[nH]c3ccc([N+](=O)[O-])cc23)cc1. The van der Waals surface area contributed by atoms with Gasteiger partial charge in [0.1, 0.15) is 0 Å². The molecule has 8 heteroatoms. The number of nitrogens with one attached hydrogen (secondary N) is 1. The second-order valence-electron chi connectivity index (χ2n) is 8.60. The Morgan fingerprint density at radius 1 is 1.11 bits per heavy atom. The van der Waals surface area contributed by atoms with Crippen molar-refractivity contribution in [1.29, 1.82) is 0 Å². The van der Waals surface area contributed by atoms with Crippen LogP contribution in [0.25, 0.3) is 17.0 Å². The molecule has 8 nitrogen and oxygen atoms in total. The van der Waals surface area contributed by atoms with Crippen LogP contribution in [0, 0.1) is 10.1 Å². The number of aromatic hydroxyl groups is 1. The van der Waals surface area contributed by atoms with Crippen molar-refractivity contribution in [3.8, 4) is 5.88 Å². The fourth-order valence-electron chi connectivity index (χ4n) is 4.38. The summed E-state index contributed by atoms with van der Waals surface area (Å²) in [5.74, 6) is 0.0905. The smallest absolute Gasteiger partial charge is 0.270 e. The van der Waals surface area contributed by atoms with Crippen LogP contribution in [0.4, 0.5) is 11.4 Å². The largest absolute Gasteiger partial charge is 0.494 e. The molecule has 3 aromatic carbocycles. The quantitative estimate of drug-likeness (QED) is 0.204. The highest BCUT2D eigenvalue weighted by Crippen LogP contribution is 2.33. The summed E-state index contributed by atoms with van der Waals surface area (Å²) in [5.41, 5.74) is 3.82. The van der Waals surface area contributed by atoms with E-state index in [-0.39, 0.29) is 17.5 Å². The Kier molecular flexibility index (Phi) is 6.32. The number of carbonyl (C=O) groups is 1. The molecule has 0 bridgehead atoms. The number of hydrogen-bond acceptors (Lipinski definition) is 5. The molecule has 2 heterocycles. The normalized spacial score (nSPS) is 14.3. The molecule has 0 saturated carbocycles. The van der Waals surface area contributed by atoms with Crippen molar-refractivity contribution in [2.24, 2.45) is 4.99 Å². The van der Waals surface area contributed by atoms with E-state index in [9.17, 15) is 20.0 Å². The molecule has 1 amide bonds. The van der Waals surface area contributed by atoms with Crippen LogP contribution in [0.1, 0.15) is 29.5 Å². The van der Waals surface area contributed by atoms with Crippen molar-refractivity contribution in [3.63, 3.8) is 0 Å². The highest BCUT2D eigenvalue weighted by atomic mass is 16.6. The lowest BCUT2D eigenvalue weighted by Crippen LogP contribution is -2.24. The lowest BCUT2D eigenvalue weighted by Gasteiger charge is -2.11. The highest BCUT2D eigenvalue weighted by Gasteiger charge is 2.21. The van der Waals surface area contributed by atoms with Crippen LogP contribution in [-0.4, -0.2) is 44.6 Å². The highest BCUT2D eigenvalue weighted by molar-refractivity contribution is 6.22. The van der Waals surface area contributed by atoms with Gasteiger partial charge in [0.15, 0.2) is 5.88 Å². The predicted octanol–water partition coefficient (Wildman–Crippen LogP) is 5.59. The van der Waals surface area contributed by atoms with Crippen molar-refractivity contribution in [1.82, 2.24) is 9.88 Å². The van der Waals surface area contributed by atoms with Gasteiger partial charge in [-0.25, -0.2) is 4.99 Å². The summed E-state index contributed by atoms with van der Waals surface area (Å²) in [6, 6.07) is 21.4. The topological polar surface area (TPSA) is 112 Å². The summed E-state index contributed by atoms with van der Waals surface area (Å²) in [5, 5.41) is 22.7. The van der Waals surface area contributed by atoms with Crippen LogP contribution in [0.15, 0.2) is 83.9 Å². The zero-order valence-electron chi connectivity index (χ0n) is 19.4. The van der Waals surface area contributed by atoms with E-state index in [1.165, 1.54) is 12.1 Å². The van der Waals surface area contributed by atoms with Crippen molar-refractivity contribution < 1.29 is 14.8 Å². The number of H-pyrrole nitrogens is 1. The average Bonchev–Trinajstić information content (AvgIpc) is 3.45. The second kappa shape index (κ2) is 9.87. The fourth-order valence-corrected chi connectivity index (χ4v) is 4.38. The molecule has 2 N–H and O–H groups in total. The number of non-ortho nitro benzene ring substituents is 1. The van der Waals surface area contributed by atoms with Gasteiger partial charge in [0.05, 0.1) is 21.9 Å². The van der Waals surface area contributed by atoms with E-state index < -0.39 is 4.92 Å². The standard InChI is InChI=1S/C28H24N4O4/c33-25-9-5-17-31(25)16-4-6-19-10-12-21(13-11-19)29-27(20-7-2-1-3-8-20)26-23-18-22(32(35)36)14-15-24(23)30-28(26)34/h1-4,6-8,10-15,18,30,34H,5,9,16-17H2/b6-4+,29-27?. The molecule has 0 unspecified atom stereocenters. The van der Waals surface area contributed by atoms with Crippen LogP contribution in [0.3, 0.4) is 0 Å². The fraction of sp³-hybridized carbons (Fsp3) is 0.143. The maximum absolute atomic E-state index is 11.8. The number of carbonyl (C=O) groups excluding carboxylic acids is 1. The molecule has 4 aromatic rings. The third-order valence-corrected chi connectivity index (χ3v) is 6.20. The lowest BCUT2D eigenvalue weighted by atomic mass is 10.0.